The van der Waals surface area contributed by atoms with Gasteiger partial charge in [-0.3, -0.25) is 10.1 Å². The van der Waals surface area contributed by atoms with Crippen LogP contribution in [-0.4, -0.2) is 13.3 Å². The number of aryl methyl sites for hydroxylation is 2. The lowest BCUT2D eigenvalue weighted by molar-refractivity contribution is -0.385. The van der Waals surface area contributed by atoms with Crippen LogP contribution in [0.5, 0.6) is 0 Å². The van der Waals surface area contributed by atoms with Crippen molar-refractivity contribution in [3.63, 3.8) is 0 Å². The van der Waals surface area contributed by atoms with Crippen molar-refractivity contribution in [2.45, 2.75) is 17.7 Å². The Morgan fingerprint density at radius 3 is 2.22 bits per heavy atom. The lowest BCUT2D eigenvalue weighted by Crippen LogP contribution is -2.13. The highest BCUT2D eigenvalue weighted by Crippen LogP contribution is 2.31. The topological polar surface area (TPSA) is 103 Å². The number of hydrogen-bond donors (Lipinski definition) is 1. The van der Waals surface area contributed by atoms with Crippen LogP contribution >= 0.6 is 0 Å². The Bertz CT molecular complexity index is 1080. The van der Waals surface area contributed by atoms with Gasteiger partial charge in [0.25, 0.3) is 5.69 Å². The molecule has 0 atom stereocenters. The van der Waals surface area contributed by atoms with Gasteiger partial charge in [0.05, 0.1) is 9.82 Å². The molecule has 27 heavy (non-hydrogen) atoms. The normalized spacial score (nSPS) is 11.3. The number of rotatable bonds is 6. The third-order valence-electron chi connectivity index (χ3n) is 4.31. The fourth-order valence-corrected chi connectivity index (χ4v) is 3.77. The van der Waals surface area contributed by atoms with Crippen LogP contribution in [-0.2, 0) is 22.9 Å². The van der Waals surface area contributed by atoms with Gasteiger partial charge >= 0.3 is 0 Å². The van der Waals surface area contributed by atoms with Crippen LogP contribution in [0.15, 0.2) is 77.7 Å². The number of nitrogens with two attached hydrogens (primary N) is 1. The number of sulfonamides is 1. The van der Waals surface area contributed by atoms with E-state index in [9.17, 15) is 18.5 Å². The van der Waals surface area contributed by atoms with Crippen molar-refractivity contribution < 1.29 is 13.3 Å². The summed E-state index contributed by atoms with van der Waals surface area (Å²) in [5.41, 5.74) is 2.64. The van der Waals surface area contributed by atoms with Gasteiger partial charge in [0.15, 0.2) is 0 Å². The molecule has 0 aliphatic heterocycles. The summed E-state index contributed by atoms with van der Waals surface area (Å²) in [5, 5.41) is 16.7. The summed E-state index contributed by atoms with van der Waals surface area (Å²) >= 11 is 0. The van der Waals surface area contributed by atoms with Crippen molar-refractivity contribution in [3.05, 3.63) is 94.0 Å². The molecule has 2 N–H and O–H groups in total. The summed E-state index contributed by atoms with van der Waals surface area (Å²) in [4.78, 5) is 11.0. The van der Waals surface area contributed by atoms with E-state index in [0.29, 0.717) is 29.5 Å². The lowest BCUT2D eigenvalue weighted by Gasteiger charge is -2.10. The monoisotopic (exact) mass is 382 g/mol. The Balaban J connectivity index is 2.03. The number of nitro groups is 1. The van der Waals surface area contributed by atoms with Crippen molar-refractivity contribution in [2.24, 2.45) is 5.14 Å². The number of nitrogens with zero attached hydrogens (tertiary/aromatic N) is 1. The molecule has 0 aliphatic carbocycles. The van der Waals surface area contributed by atoms with E-state index < -0.39 is 14.9 Å². The minimum absolute atomic E-state index is 0.00661. The van der Waals surface area contributed by atoms with Crippen molar-refractivity contribution >= 4 is 15.7 Å². The van der Waals surface area contributed by atoms with Crippen molar-refractivity contribution in [1.82, 2.24) is 0 Å². The highest BCUT2D eigenvalue weighted by Gasteiger charge is 2.18. The second-order valence-electron chi connectivity index (χ2n) is 6.13. The smallest absolute Gasteiger partial charge is 0.258 e. The maximum Gasteiger partial charge on any atom is 0.272 e. The molecule has 0 unspecified atom stereocenters. The second kappa shape index (κ2) is 7.69. The molecule has 3 aromatic rings. The summed E-state index contributed by atoms with van der Waals surface area (Å²) < 4.78 is 23.7. The molecule has 6 nitrogen and oxygen atoms in total. The number of nitro benzene ring substituents is 1. The van der Waals surface area contributed by atoms with Gasteiger partial charge in [0.1, 0.15) is 0 Å². The highest BCUT2D eigenvalue weighted by molar-refractivity contribution is 7.89. The summed E-state index contributed by atoms with van der Waals surface area (Å²) in [5.74, 6) is 0. The van der Waals surface area contributed by atoms with Gasteiger partial charge in [-0.15, -0.1) is 0 Å². The summed E-state index contributed by atoms with van der Waals surface area (Å²) in [6.07, 6.45) is 1.10. The van der Waals surface area contributed by atoms with Crippen molar-refractivity contribution in [2.75, 3.05) is 0 Å². The molecule has 138 valence electrons. The SMILES string of the molecule is NS(=O)(=O)c1ccccc1-c1ccc([N+](=O)[O-])c(CCc2ccccc2)c1. The lowest BCUT2D eigenvalue weighted by atomic mass is 9.97. The molecule has 0 heterocycles. The third-order valence-corrected chi connectivity index (χ3v) is 5.28. The Labute approximate surface area is 157 Å². The van der Waals surface area contributed by atoms with Crippen LogP contribution in [0.2, 0.25) is 0 Å². The van der Waals surface area contributed by atoms with E-state index in [2.05, 4.69) is 0 Å². The predicted octanol–water partition coefficient (Wildman–Crippen LogP) is 3.69. The molecule has 0 saturated heterocycles. The zero-order chi connectivity index (χ0) is 19.4. The minimum atomic E-state index is -3.91. The predicted molar refractivity (Wildman–Crippen MR) is 104 cm³/mol. The summed E-state index contributed by atoms with van der Waals surface area (Å²) in [6, 6.07) is 20.7. The molecule has 0 radical (unpaired) electrons. The molecule has 0 saturated carbocycles. The van der Waals surface area contributed by atoms with E-state index in [1.165, 1.54) is 12.1 Å². The van der Waals surface area contributed by atoms with Gasteiger partial charge in [-0.1, -0.05) is 48.5 Å². The maximum absolute atomic E-state index is 11.9. The highest BCUT2D eigenvalue weighted by atomic mass is 32.2. The fourth-order valence-electron chi connectivity index (χ4n) is 3.01. The average molecular weight is 382 g/mol. The minimum Gasteiger partial charge on any atom is -0.258 e. The van der Waals surface area contributed by atoms with E-state index >= 15 is 0 Å². The Kier molecular flexibility index (Phi) is 5.34. The largest absolute Gasteiger partial charge is 0.272 e. The van der Waals surface area contributed by atoms with Crippen LogP contribution in [0.25, 0.3) is 11.1 Å². The van der Waals surface area contributed by atoms with E-state index in [4.69, 9.17) is 5.14 Å². The molecule has 7 heteroatoms. The van der Waals surface area contributed by atoms with Crippen molar-refractivity contribution in [3.8, 4) is 11.1 Å². The number of hydrogen-bond acceptors (Lipinski definition) is 4. The molecular weight excluding hydrogens is 364 g/mol. The molecular formula is C20H18N2O4S. The summed E-state index contributed by atoms with van der Waals surface area (Å²) in [6.45, 7) is 0. The average Bonchev–Trinajstić information content (AvgIpc) is 2.66. The molecule has 0 aromatic heterocycles. The van der Waals surface area contributed by atoms with Gasteiger partial charge in [-0.05, 0) is 42.2 Å². The maximum atomic E-state index is 11.9. The van der Waals surface area contributed by atoms with Gasteiger partial charge in [-0.2, -0.15) is 0 Å². The van der Waals surface area contributed by atoms with Crippen LogP contribution in [0, 0.1) is 10.1 Å². The fraction of sp³-hybridized carbons (Fsp3) is 0.100. The van der Waals surface area contributed by atoms with E-state index in [-0.39, 0.29) is 10.6 Å². The van der Waals surface area contributed by atoms with Crippen LogP contribution in [0.3, 0.4) is 0 Å². The van der Waals surface area contributed by atoms with Crippen molar-refractivity contribution in [1.29, 1.82) is 0 Å². The van der Waals surface area contributed by atoms with Crippen LogP contribution in [0.1, 0.15) is 11.1 Å². The van der Waals surface area contributed by atoms with Crippen LogP contribution in [0.4, 0.5) is 5.69 Å². The van der Waals surface area contributed by atoms with Gasteiger partial charge in [0, 0.05) is 17.2 Å². The second-order valence-corrected chi connectivity index (χ2v) is 7.66. The Morgan fingerprint density at radius 2 is 1.56 bits per heavy atom. The first-order chi connectivity index (χ1) is 12.9. The molecule has 0 fully saturated rings. The van der Waals surface area contributed by atoms with E-state index in [1.807, 2.05) is 30.3 Å². The van der Waals surface area contributed by atoms with Gasteiger partial charge in [0.2, 0.25) is 10.0 Å². The first-order valence-corrected chi connectivity index (χ1v) is 9.84. The molecule has 3 aromatic carbocycles. The van der Waals surface area contributed by atoms with Gasteiger partial charge < -0.3 is 0 Å². The van der Waals surface area contributed by atoms with E-state index in [1.54, 1.807) is 30.3 Å². The zero-order valence-corrected chi connectivity index (χ0v) is 15.2. The number of primary sulfonamides is 1. The molecule has 0 amide bonds. The Morgan fingerprint density at radius 1 is 0.889 bits per heavy atom. The Hall–Kier alpha value is -3.03. The standard InChI is InChI=1S/C20H18N2O4S/c21-27(25,26)20-9-5-4-8-18(20)16-12-13-19(22(23)24)17(14-16)11-10-15-6-2-1-3-7-15/h1-9,12-14H,10-11H2,(H2,21,25,26). The summed E-state index contributed by atoms with van der Waals surface area (Å²) in [7, 11) is -3.91. The first-order valence-electron chi connectivity index (χ1n) is 8.30. The molecule has 0 bridgehead atoms. The first kappa shape index (κ1) is 18.8. The van der Waals surface area contributed by atoms with E-state index in [0.717, 1.165) is 5.56 Å². The number of benzene rings is 3. The zero-order valence-electron chi connectivity index (χ0n) is 14.4. The molecule has 0 spiro atoms. The van der Waals surface area contributed by atoms with Gasteiger partial charge in [-0.25, -0.2) is 13.6 Å². The quantitative estimate of drug-likeness (QED) is 0.518. The molecule has 3 rings (SSSR count). The third kappa shape index (κ3) is 4.39. The molecule has 0 aliphatic rings. The van der Waals surface area contributed by atoms with Crippen LogP contribution < -0.4 is 5.14 Å².